The number of nitrogens with zero attached hydrogens (tertiary/aromatic N) is 3. The van der Waals surface area contributed by atoms with Gasteiger partial charge in [0.05, 0.1) is 11.1 Å². The molecule has 0 saturated carbocycles. The van der Waals surface area contributed by atoms with E-state index in [4.69, 9.17) is 22.3 Å². The summed E-state index contributed by atoms with van der Waals surface area (Å²) >= 11 is 6.28. The molecule has 0 spiro atoms. The molecule has 1 aliphatic rings. The Morgan fingerprint density at radius 1 is 1.23 bits per heavy atom. The lowest BCUT2D eigenvalue weighted by molar-refractivity contribution is 0.600. The van der Waals surface area contributed by atoms with Crippen LogP contribution in [0.25, 0.3) is 11.4 Å². The number of hydrogen-bond donors (Lipinski definition) is 2. The van der Waals surface area contributed by atoms with Crippen LogP contribution in [0.2, 0.25) is 5.02 Å². The quantitative estimate of drug-likeness (QED) is 0.585. The van der Waals surface area contributed by atoms with Crippen LogP contribution >= 0.6 is 11.6 Å². The van der Waals surface area contributed by atoms with Gasteiger partial charge in [0.2, 0.25) is 0 Å². The number of benzene rings is 2. The van der Waals surface area contributed by atoms with Crippen LogP contribution in [0.1, 0.15) is 12.0 Å². The lowest BCUT2D eigenvalue weighted by Gasteiger charge is -2.22. The Morgan fingerprint density at radius 2 is 2.00 bits per heavy atom. The van der Waals surface area contributed by atoms with E-state index in [2.05, 4.69) is 14.6 Å². The fourth-order valence-electron chi connectivity index (χ4n) is 3.58. The first-order valence-electron chi connectivity index (χ1n) is 10.0. The van der Waals surface area contributed by atoms with Gasteiger partial charge in [-0.2, -0.15) is 0 Å². The molecule has 2 heterocycles. The van der Waals surface area contributed by atoms with Gasteiger partial charge in [-0.05, 0) is 49.6 Å². The van der Waals surface area contributed by atoms with Crippen molar-refractivity contribution < 1.29 is 8.42 Å². The Bertz CT molecular complexity index is 1190. The van der Waals surface area contributed by atoms with Crippen molar-refractivity contribution in [1.82, 2.24) is 9.97 Å². The number of aryl methyl sites for hydroxylation is 1. The summed E-state index contributed by atoms with van der Waals surface area (Å²) in [5, 5.41) is 0.626. The minimum atomic E-state index is -3.78. The van der Waals surface area contributed by atoms with Crippen molar-refractivity contribution in [2.75, 3.05) is 29.3 Å². The fourth-order valence-corrected chi connectivity index (χ4v) is 4.83. The first-order valence-corrected chi connectivity index (χ1v) is 11.9. The molecule has 0 bridgehead atoms. The number of anilines is 2. The standard InChI is InChI=1S/C22H24ClN5O2S/c1-15-7-8-17(11-19(15)23)21-25-13-20(22(26-21)28-10-9-16(12-24)14-28)27-31(29,30)18-5-3-2-4-6-18/h2-8,11,13,16,27H,9-10,12,14,24H2,1H3. The molecule has 1 fully saturated rings. The number of aromatic nitrogens is 2. The Labute approximate surface area is 187 Å². The van der Waals surface area contributed by atoms with E-state index in [0.717, 1.165) is 24.1 Å². The first-order chi connectivity index (χ1) is 14.9. The molecule has 1 aliphatic heterocycles. The predicted molar refractivity (Wildman–Crippen MR) is 124 cm³/mol. The first kappa shape index (κ1) is 21.5. The number of rotatable bonds is 6. The Balaban J connectivity index is 1.74. The lowest BCUT2D eigenvalue weighted by atomic mass is 10.1. The molecule has 31 heavy (non-hydrogen) atoms. The van der Waals surface area contributed by atoms with Crippen LogP contribution in [0, 0.1) is 12.8 Å². The van der Waals surface area contributed by atoms with E-state index in [-0.39, 0.29) is 4.90 Å². The highest BCUT2D eigenvalue weighted by Gasteiger charge is 2.27. The second-order valence-electron chi connectivity index (χ2n) is 7.65. The van der Waals surface area contributed by atoms with E-state index < -0.39 is 10.0 Å². The molecule has 9 heteroatoms. The van der Waals surface area contributed by atoms with Crippen LogP contribution in [0.5, 0.6) is 0 Å². The third kappa shape index (κ3) is 4.66. The zero-order chi connectivity index (χ0) is 22.0. The van der Waals surface area contributed by atoms with E-state index in [0.29, 0.717) is 41.4 Å². The van der Waals surface area contributed by atoms with Crippen LogP contribution in [0.4, 0.5) is 11.5 Å². The molecule has 162 valence electrons. The molecule has 1 aromatic heterocycles. The molecule has 0 radical (unpaired) electrons. The van der Waals surface area contributed by atoms with Gasteiger partial charge in [-0.15, -0.1) is 0 Å². The van der Waals surface area contributed by atoms with Crippen molar-refractivity contribution in [3.05, 3.63) is 65.3 Å². The number of hydrogen-bond acceptors (Lipinski definition) is 6. The maximum absolute atomic E-state index is 12.9. The van der Waals surface area contributed by atoms with E-state index >= 15 is 0 Å². The molecule has 1 unspecified atom stereocenters. The molecule has 2 aromatic carbocycles. The Kier molecular flexibility index (Phi) is 6.13. The molecule has 0 aliphatic carbocycles. The molecule has 3 aromatic rings. The molecule has 3 N–H and O–H groups in total. The van der Waals surface area contributed by atoms with Crippen molar-refractivity contribution >= 4 is 33.1 Å². The molecule has 4 rings (SSSR count). The SMILES string of the molecule is Cc1ccc(-c2ncc(NS(=O)(=O)c3ccccc3)c(N3CCC(CN)C3)n2)cc1Cl. The van der Waals surface area contributed by atoms with Crippen LogP contribution < -0.4 is 15.4 Å². The predicted octanol–water partition coefficient (Wildman–Crippen LogP) is 3.69. The summed E-state index contributed by atoms with van der Waals surface area (Å²) in [5.74, 6) is 1.36. The van der Waals surface area contributed by atoms with Gasteiger partial charge in [-0.1, -0.05) is 41.9 Å². The van der Waals surface area contributed by atoms with Gasteiger partial charge in [0.1, 0.15) is 5.69 Å². The lowest BCUT2D eigenvalue weighted by Crippen LogP contribution is -2.25. The maximum atomic E-state index is 12.9. The minimum absolute atomic E-state index is 0.177. The van der Waals surface area contributed by atoms with Gasteiger partial charge in [-0.3, -0.25) is 4.72 Å². The highest BCUT2D eigenvalue weighted by atomic mass is 35.5. The van der Waals surface area contributed by atoms with E-state index in [1.807, 2.05) is 25.1 Å². The third-order valence-electron chi connectivity index (χ3n) is 5.42. The van der Waals surface area contributed by atoms with Crippen LogP contribution in [0.3, 0.4) is 0 Å². The maximum Gasteiger partial charge on any atom is 0.262 e. The van der Waals surface area contributed by atoms with Crippen molar-refractivity contribution in [1.29, 1.82) is 0 Å². The summed E-state index contributed by atoms with van der Waals surface area (Å²) in [5.41, 5.74) is 7.92. The van der Waals surface area contributed by atoms with Gasteiger partial charge < -0.3 is 10.6 Å². The van der Waals surface area contributed by atoms with Crippen LogP contribution in [-0.2, 0) is 10.0 Å². The fraction of sp³-hybridized carbons (Fsp3) is 0.273. The summed E-state index contributed by atoms with van der Waals surface area (Å²) in [6.45, 7) is 3.96. The summed E-state index contributed by atoms with van der Waals surface area (Å²) < 4.78 is 28.5. The molecule has 0 amide bonds. The van der Waals surface area contributed by atoms with Gasteiger partial charge >= 0.3 is 0 Å². The normalized spacial score (nSPS) is 16.5. The topological polar surface area (TPSA) is 101 Å². The van der Waals surface area contributed by atoms with Gasteiger partial charge in [0.15, 0.2) is 11.6 Å². The average Bonchev–Trinajstić information content (AvgIpc) is 3.25. The van der Waals surface area contributed by atoms with Crippen molar-refractivity contribution in [2.24, 2.45) is 11.7 Å². The van der Waals surface area contributed by atoms with Gasteiger partial charge in [-0.25, -0.2) is 18.4 Å². The Hall–Kier alpha value is -2.68. The van der Waals surface area contributed by atoms with E-state index in [1.54, 1.807) is 30.3 Å². The van der Waals surface area contributed by atoms with Gasteiger partial charge in [0.25, 0.3) is 10.0 Å². The van der Waals surface area contributed by atoms with Crippen LogP contribution in [-0.4, -0.2) is 38.0 Å². The molecule has 7 nitrogen and oxygen atoms in total. The second-order valence-corrected chi connectivity index (χ2v) is 9.74. The zero-order valence-electron chi connectivity index (χ0n) is 17.1. The number of halogens is 1. The number of nitrogens with one attached hydrogen (secondary N) is 1. The number of sulfonamides is 1. The van der Waals surface area contributed by atoms with Crippen LogP contribution in [0.15, 0.2) is 59.6 Å². The van der Waals surface area contributed by atoms with E-state index in [9.17, 15) is 8.42 Å². The second kappa shape index (κ2) is 8.82. The molecular formula is C22H24ClN5O2S. The molecular weight excluding hydrogens is 434 g/mol. The number of nitrogens with two attached hydrogens (primary N) is 1. The van der Waals surface area contributed by atoms with Crippen molar-refractivity contribution in [2.45, 2.75) is 18.2 Å². The minimum Gasteiger partial charge on any atom is -0.354 e. The average molecular weight is 458 g/mol. The highest BCUT2D eigenvalue weighted by Crippen LogP contribution is 2.32. The van der Waals surface area contributed by atoms with Crippen molar-refractivity contribution in [3.63, 3.8) is 0 Å². The van der Waals surface area contributed by atoms with E-state index in [1.165, 1.54) is 6.20 Å². The summed E-state index contributed by atoms with van der Waals surface area (Å²) in [4.78, 5) is 11.4. The summed E-state index contributed by atoms with van der Waals surface area (Å²) in [6.07, 6.45) is 2.44. The van der Waals surface area contributed by atoms with Gasteiger partial charge in [0, 0.05) is 23.7 Å². The highest BCUT2D eigenvalue weighted by molar-refractivity contribution is 7.92. The smallest absolute Gasteiger partial charge is 0.262 e. The summed E-state index contributed by atoms with van der Waals surface area (Å²) in [7, 11) is -3.78. The van der Waals surface area contributed by atoms with Crippen molar-refractivity contribution in [3.8, 4) is 11.4 Å². The monoisotopic (exact) mass is 457 g/mol. The molecule has 1 saturated heterocycles. The summed E-state index contributed by atoms with van der Waals surface area (Å²) in [6, 6.07) is 13.9. The Morgan fingerprint density at radius 3 is 2.68 bits per heavy atom. The third-order valence-corrected chi connectivity index (χ3v) is 7.20. The molecule has 1 atom stereocenters. The largest absolute Gasteiger partial charge is 0.354 e. The zero-order valence-corrected chi connectivity index (χ0v) is 18.7.